The van der Waals surface area contributed by atoms with E-state index in [1.54, 1.807) is 30.3 Å². The summed E-state index contributed by atoms with van der Waals surface area (Å²) in [6.07, 6.45) is 6.50. The highest BCUT2D eigenvalue weighted by Crippen LogP contribution is 2.57. The third kappa shape index (κ3) is 2.61. The zero-order chi connectivity index (χ0) is 19.9. The summed E-state index contributed by atoms with van der Waals surface area (Å²) in [5.74, 6) is 3.35. The predicted molar refractivity (Wildman–Crippen MR) is 112 cm³/mol. The van der Waals surface area contributed by atoms with E-state index in [4.69, 9.17) is 0 Å². The molecule has 29 heavy (non-hydrogen) atoms. The summed E-state index contributed by atoms with van der Waals surface area (Å²) in [5.41, 5.74) is 1.23. The van der Waals surface area contributed by atoms with Gasteiger partial charge in [-0.3, -0.25) is 4.79 Å². The minimum atomic E-state index is -3.68. The van der Waals surface area contributed by atoms with Crippen LogP contribution in [0.15, 0.2) is 35.2 Å². The molecule has 4 saturated carbocycles. The Bertz CT molecular complexity index is 1110. The fourth-order valence-electron chi connectivity index (χ4n) is 7.27. The summed E-state index contributed by atoms with van der Waals surface area (Å²) in [5, 5.41) is 4.15. The first-order valence-corrected chi connectivity index (χ1v) is 12.3. The van der Waals surface area contributed by atoms with E-state index < -0.39 is 10.0 Å². The van der Waals surface area contributed by atoms with E-state index in [1.807, 2.05) is 0 Å². The van der Waals surface area contributed by atoms with Gasteiger partial charge in [0.1, 0.15) is 0 Å². The van der Waals surface area contributed by atoms with E-state index in [1.165, 1.54) is 32.1 Å². The van der Waals surface area contributed by atoms with Crippen molar-refractivity contribution in [3.63, 3.8) is 0 Å². The summed E-state index contributed by atoms with van der Waals surface area (Å²) >= 11 is 0. The van der Waals surface area contributed by atoms with Crippen molar-refractivity contribution < 1.29 is 13.2 Å². The van der Waals surface area contributed by atoms with Gasteiger partial charge in [0.2, 0.25) is 10.0 Å². The molecule has 1 heterocycles. The van der Waals surface area contributed by atoms with E-state index in [2.05, 4.69) is 17.0 Å². The molecule has 4 aliphatic carbocycles. The first-order valence-electron chi connectivity index (χ1n) is 10.8. The van der Waals surface area contributed by atoms with Crippen LogP contribution in [0.25, 0.3) is 10.8 Å². The third-order valence-electron chi connectivity index (χ3n) is 8.00. The third-order valence-corrected chi connectivity index (χ3v) is 9.62. The van der Waals surface area contributed by atoms with Crippen LogP contribution < -0.4 is 10.0 Å². The Hall–Kier alpha value is -1.92. The molecule has 4 bridgehead atoms. The summed E-state index contributed by atoms with van der Waals surface area (Å²) in [7, 11) is -3.68. The molecule has 7 rings (SSSR count). The van der Waals surface area contributed by atoms with Crippen LogP contribution >= 0.6 is 0 Å². The Kier molecular flexibility index (Phi) is 3.73. The molecule has 5 nitrogen and oxygen atoms in total. The first-order chi connectivity index (χ1) is 13.9. The highest BCUT2D eigenvalue weighted by Gasteiger charge is 2.50. The largest absolute Gasteiger partial charge is 0.321 e. The molecule has 0 saturated heterocycles. The van der Waals surface area contributed by atoms with Crippen LogP contribution in [-0.2, 0) is 10.0 Å². The summed E-state index contributed by atoms with van der Waals surface area (Å²) in [6.45, 7) is 2.05. The minimum absolute atomic E-state index is 0.0715. The highest BCUT2D eigenvalue weighted by atomic mass is 32.2. The lowest BCUT2D eigenvalue weighted by Crippen LogP contribution is -2.52. The van der Waals surface area contributed by atoms with Gasteiger partial charge < -0.3 is 5.32 Å². The fourth-order valence-corrected chi connectivity index (χ4v) is 8.75. The zero-order valence-electron chi connectivity index (χ0n) is 16.5. The van der Waals surface area contributed by atoms with Gasteiger partial charge in [-0.2, -0.15) is 0 Å². The Labute approximate surface area is 171 Å². The molecule has 152 valence electrons. The second kappa shape index (κ2) is 6.05. The fraction of sp³-hybridized carbons (Fsp3) is 0.522. The van der Waals surface area contributed by atoms with Crippen LogP contribution in [0.5, 0.6) is 0 Å². The minimum Gasteiger partial charge on any atom is -0.321 e. The van der Waals surface area contributed by atoms with Gasteiger partial charge in [-0.1, -0.05) is 12.1 Å². The van der Waals surface area contributed by atoms with E-state index in [-0.39, 0.29) is 16.8 Å². The number of benzene rings is 2. The Morgan fingerprint density at radius 3 is 2.38 bits per heavy atom. The monoisotopic (exact) mass is 410 g/mol. The van der Waals surface area contributed by atoms with Gasteiger partial charge >= 0.3 is 0 Å². The number of amides is 1. The maximum absolute atomic E-state index is 13.4. The lowest BCUT2D eigenvalue weighted by atomic mass is 9.51. The van der Waals surface area contributed by atoms with Crippen LogP contribution in [0.3, 0.4) is 0 Å². The van der Waals surface area contributed by atoms with Gasteiger partial charge in [0.15, 0.2) is 0 Å². The molecular weight excluding hydrogens is 384 g/mol. The van der Waals surface area contributed by atoms with Gasteiger partial charge in [0.05, 0.1) is 4.90 Å². The molecule has 4 fully saturated rings. The van der Waals surface area contributed by atoms with Crippen molar-refractivity contribution in [2.24, 2.45) is 29.6 Å². The molecule has 6 heteroatoms. The molecular formula is C23H26N2O3S. The van der Waals surface area contributed by atoms with Crippen molar-refractivity contribution >= 4 is 32.4 Å². The summed E-state index contributed by atoms with van der Waals surface area (Å²) in [6, 6.07) is 8.56. The topological polar surface area (TPSA) is 75.3 Å². The SMILES string of the molecule is C[C@@H](NS(=O)(=O)c1ccc2c3c(cccc13)C(=O)N2)C1C2CC3CC(C2)CC1C3. The molecule has 0 radical (unpaired) electrons. The number of sulfonamides is 1. The summed E-state index contributed by atoms with van der Waals surface area (Å²) < 4.78 is 29.8. The molecule has 2 aromatic carbocycles. The summed E-state index contributed by atoms with van der Waals surface area (Å²) in [4.78, 5) is 12.4. The number of hydrogen-bond acceptors (Lipinski definition) is 3. The normalized spacial score (nSPS) is 33.3. The molecule has 0 aromatic heterocycles. The van der Waals surface area contributed by atoms with Crippen molar-refractivity contribution in [2.45, 2.75) is 50.0 Å². The average Bonchev–Trinajstić information content (AvgIpc) is 2.98. The molecule has 2 aromatic rings. The van der Waals surface area contributed by atoms with Crippen LogP contribution in [0.1, 0.15) is 49.4 Å². The van der Waals surface area contributed by atoms with Crippen LogP contribution in [0.4, 0.5) is 5.69 Å². The quantitative estimate of drug-likeness (QED) is 0.795. The first kappa shape index (κ1) is 17.9. The number of nitrogens with one attached hydrogen (secondary N) is 2. The van der Waals surface area contributed by atoms with Gasteiger partial charge in [-0.05, 0) is 86.8 Å². The van der Waals surface area contributed by atoms with Crippen molar-refractivity contribution in [3.8, 4) is 0 Å². The smallest absolute Gasteiger partial charge is 0.256 e. The molecule has 1 atom stereocenters. The van der Waals surface area contributed by atoms with Crippen molar-refractivity contribution in [2.75, 3.05) is 5.32 Å². The highest BCUT2D eigenvalue weighted by molar-refractivity contribution is 7.89. The van der Waals surface area contributed by atoms with E-state index in [0.717, 1.165) is 11.8 Å². The van der Waals surface area contributed by atoms with Crippen LogP contribution in [-0.4, -0.2) is 20.4 Å². The zero-order valence-corrected chi connectivity index (χ0v) is 17.3. The lowest BCUT2D eigenvalue weighted by Gasteiger charge is -2.56. The van der Waals surface area contributed by atoms with E-state index >= 15 is 0 Å². The molecule has 2 N–H and O–H groups in total. The van der Waals surface area contributed by atoms with Crippen LogP contribution in [0.2, 0.25) is 0 Å². The number of rotatable bonds is 4. The van der Waals surface area contributed by atoms with Gasteiger partial charge in [-0.15, -0.1) is 0 Å². The molecule has 0 unspecified atom stereocenters. The van der Waals surface area contributed by atoms with Gasteiger partial charge in [0.25, 0.3) is 5.91 Å². The maximum atomic E-state index is 13.4. The number of carbonyl (C=O) groups is 1. The van der Waals surface area contributed by atoms with E-state index in [9.17, 15) is 13.2 Å². The maximum Gasteiger partial charge on any atom is 0.256 e. The molecule has 1 aliphatic heterocycles. The Morgan fingerprint density at radius 2 is 1.69 bits per heavy atom. The second-order valence-electron chi connectivity index (χ2n) is 9.71. The predicted octanol–water partition coefficient (Wildman–Crippen LogP) is 4.14. The van der Waals surface area contributed by atoms with Gasteiger partial charge in [-0.25, -0.2) is 13.1 Å². The molecule has 0 spiro atoms. The standard InChI is InChI=1S/C23H26N2O3S/c1-12(21-15-8-13-7-14(10-15)11-16(21)9-13)25-29(27,28)20-6-5-19-22-17(20)3-2-4-18(22)23(26)24-19/h2-6,12-16,21,25H,7-11H2,1H3,(H,24,26)/t12-,13?,14?,15?,16?,21?/m1/s1. The van der Waals surface area contributed by atoms with Gasteiger partial charge in [0, 0.05) is 28.1 Å². The van der Waals surface area contributed by atoms with Crippen molar-refractivity contribution in [3.05, 3.63) is 35.9 Å². The Morgan fingerprint density at radius 1 is 1.00 bits per heavy atom. The molecule has 1 amide bonds. The molecule has 5 aliphatic rings. The average molecular weight is 411 g/mol. The van der Waals surface area contributed by atoms with Crippen molar-refractivity contribution in [1.82, 2.24) is 4.72 Å². The second-order valence-corrected chi connectivity index (χ2v) is 11.4. The number of carbonyl (C=O) groups excluding carboxylic acids is 1. The Balaban J connectivity index is 1.34. The lowest BCUT2D eigenvalue weighted by molar-refractivity contribution is -0.0463. The number of anilines is 1. The van der Waals surface area contributed by atoms with Crippen molar-refractivity contribution in [1.29, 1.82) is 0 Å². The number of hydrogen-bond donors (Lipinski definition) is 2. The van der Waals surface area contributed by atoms with E-state index in [0.29, 0.717) is 39.8 Å². The van der Waals surface area contributed by atoms with Crippen LogP contribution in [0, 0.1) is 29.6 Å².